The lowest BCUT2D eigenvalue weighted by atomic mass is 10.1. The first-order valence-corrected chi connectivity index (χ1v) is 12.2. The van der Waals surface area contributed by atoms with Crippen molar-refractivity contribution in [2.75, 3.05) is 32.5 Å². The lowest BCUT2D eigenvalue weighted by molar-refractivity contribution is 0.0468. The highest BCUT2D eigenvalue weighted by molar-refractivity contribution is 14.0. The first kappa shape index (κ1) is 26.2. The number of nitrogens with one attached hydrogen (secondary N) is 2. The van der Waals surface area contributed by atoms with Gasteiger partial charge in [-0.3, -0.25) is 4.99 Å². The molecule has 0 unspecified atom stereocenters. The summed E-state index contributed by atoms with van der Waals surface area (Å²) in [5.41, 5.74) is 0.835. The summed E-state index contributed by atoms with van der Waals surface area (Å²) < 4.78 is 30.4. The van der Waals surface area contributed by atoms with Crippen LogP contribution < -0.4 is 10.6 Å². The van der Waals surface area contributed by atoms with Crippen molar-refractivity contribution in [3.63, 3.8) is 0 Å². The van der Waals surface area contributed by atoms with Crippen LogP contribution in [0, 0.1) is 0 Å². The Morgan fingerprint density at radius 1 is 1.07 bits per heavy atom. The number of hydrogen-bond acceptors (Lipinski definition) is 4. The number of halogens is 1. The summed E-state index contributed by atoms with van der Waals surface area (Å²) in [6.07, 6.45) is 8.49. The van der Waals surface area contributed by atoms with Crippen LogP contribution in [0.25, 0.3) is 0 Å². The Labute approximate surface area is 193 Å². The first-order chi connectivity index (χ1) is 13.6. The topological polar surface area (TPSA) is 79.8 Å². The molecule has 6 nitrogen and oxygen atoms in total. The van der Waals surface area contributed by atoms with E-state index in [9.17, 15) is 8.42 Å². The van der Waals surface area contributed by atoms with E-state index in [0.717, 1.165) is 5.56 Å². The minimum atomic E-state index is -3.10. The van der Waals surface area contributed by atoms with Gasteiger partial charge in [-0.2, -0.15) is 0 Å². The molecule has 0 saturated heterocycles. The number of guanidine groups is 1. The zero-order valence-electron chi connectivity index (χ0n) is 17.4. The van der Waals surface area contributed by atoms with E-state index >= 15 is 0 Å². The Morgan fingerprint density at radius 3 is 2.38 bits per heavy atom. The van der Waals surface area contributed by atoms with Gasteiger partial charge in [0.15, 0.2) is 15.8 Å². The summed E-state index contributed by atoms with van der Waals surface area (Å²) >= 11 is 0. The van der Waals surface area contributed by atoms with E-state index in [-0.39, 0.29) is 35.5 Å². The lowest BCUT2D eigenvalue weighted by Crippen LogP contribution is -2.40. The molecule has 2 rings (SSSR count). The Bertz CT molecular complexity index is 676. The smallest absolute Gasteiger partial charge is 0.191 e. The summed E-state index contributed by atoms with van der Waals surface area (Å²) in [6.45, 7) is 1.93. The zero-order chi connectivity index (χ0) is 20.1. The fraction of sp³-hybridized carbons (Fsp3) is 0.667. The molecule has 0 heterocycles. The molecule has 1 fully saturated rings. The number of rotatable bonds is 10. The van der Waals surface area contributed by atoms with Crippen LogP contribution in [0.15, 0.2) is 35.3 Å². The van der Waals surface area contributed by atoms with Gasteiger partial charge in [0.2, 0.25) is 0 Å². The van der Waals surface area contributed by atoms with Gasteiger partial charge in [0, 0.05) is 20.1 Å². The van der Waals surface area contributed by atoms with Crippen LogP contribution in [0.1, 0.15) is 50.5 Å². The second kappa shape index (κ2) is 15.0. The number of sulfone groups is 1. The highest BCUT2D eigenvalue weighted by Crippen LogP contribution is 2.19. The molecule has 1 aliphatic carbocycles. The van der Waals surface area contributed by atoms with Crippen LogP contribution >= 0.6 is 24.0 Å². The van der Waals surface area contributed by atoms with Crippen LogP contribution in [-0.4, -0.2) is 53.0 Å². The lowest BCUT2D eigenvalue weighted by Gasteiger charge is -2.16. The van der Waals surface area contributed by atoms with Gasteiger partial charge in [-0.25, -0.2) is 8.42 Å². The third-order valence-corrected chi connectivity index (χ3v) is 6.61. The number of nitrogens with zero attached hydrogens (tertiary/aromatic N) is 1. The van der Waals surface area contributed by atoms with Gasteiger partial charge in [-0.05, 0) is 24.8 Å². The van der Waals surface area contributed by atoms with E-state index in [1.165, 1.54) is 38.5 Å². The van der Waals surface area contributed by atoms with Gasteiger partial charge >= 0.3 is 0 Å². The van der Waals surface area contributed by atoms with Gasteiger partial charge in [0.25, 0.3) is 0 Å². The van der Waals surface area contributed by atoms with Crippen molar-refractivity contribution < 1.29 is 13.2 Å². The maximum Gasteiger partial charge on any atom is 0.191 e. The molecule has 8 heteroatoms. The fourth-order valence-corrected chi connectivity index (χ4v) is 4.85. The molecule has 1 aliphatic rings. The molecule has 1 aromatic rings. The second-order valence-electron chi connectivity index (χ2n) is 7.34. The molecule has 0 atom stereocenters. The van der Waals surface area contributed by atoms with Crippen molar-refractivity contribution in [3.8, 4) is 0 Å². The normalized spacial score (nSPS) is 16.0. The van der Waals surface area contributed by atoms with Crippen LogP contribution in [0.5, 0.6) is 0 Å². The summed E-state index contributed by atoms with van der Waals surface area (Å²) in [4.78, 5) is 4.18. The molecule has 29 heavy (non-hydrogen) atoms. The summed E-state index contributed by atoms with van der Waals surface area (Å²) in [7, 11) is -1.38. The second-order valence-corrected chi connectivity index (χ2v) is 9.53. The molecule has 0 bridgehead atoms. The first-order valence-electron chi connectivity index (χ1n) is 10.4. The predicted octanol–water partition coefficient (Wildman–Crippen LogP) is 3.51. The van der Waals surface area contributed by atoms with Gasteiger partial charge in [0.05, 0.1) is 24.2 Å². The van der Waals surface area contributed by atoms with E-state index in [0.29, 0.717) is 38.2 Å². The third kappa shape index (κ3) is 11.8. The Kier molecular flexibility index (Phi) is 13.5. The van der Waals surface area contributed by atoms with Gasteiger partial charge in [0.1, 0.15) is 0 Å². The highest BCUT2D eigenvalue weighted by Gasteiger charge is 2.13. The SMILES string of the molecule is CN=C(NCCCS(=O)(=O)Cc1ccccc1)NCCOC1CCCCCC1.I. The number of ether oxygens (including phenoxy) is 1. The maximum atomic E-state index is 12.2. The van der Waals surface area contributed by atoms with Crippen molar-refractivity contribution in [2.24, 2.45) is 4.99 Å². The molecule has 0 amide bonds. The van der Waals surface area contributed by atoms with Gasteiger partial charge in [-0.15, -0.1) is 24.0 Å². The molecule has 1 saturated carbocycles. The molecular formula is C21H36IN3O3S. The average molecular weight is 538 g/mol. The molecular weight excluding hydrogens is 501 g/mol. The molecule has 0 aromatic heterocycles. The molecule has 1 aromatic carbocycles. The monoisotopic (exact) mass is 537 g/mol. The van der Waals surface area contributed by atoms with Crippen molar-refractivity contribution in [3.05, 3.63) is 35.9 Å². The molecule has 0 radical (unpaired) electrons. The van der Waals surface area contributed by atoms with Crippen molar-refractivity contribution in [1.82, 2.24) is 10.6 Å². The summed E-state index contributed by atoms with van der Waals surface area (Å²) in [5.74, 6) is 0.945. The van der Waals surface area contributed by atoms with Crippen molar-refractivity contribution >= 4 is 39.8 Å². The minimum absolute atomic E-state index is 0. The van der Waals surface area contributed by atoms with Gasteiger partial charge in [-0.1, -0.05) is 56.0 Å². The van der Waals surface area contributed by atoms with Gasteiger partial charge < -0.3 is 15.4 Å². The van der Waals surface area contributed by atoms with E-state index in [1.807, 2.05) is 30.3 Å². The molecule has 2 N–H and O–H groups in total. The van der Waals surface area contributed by atoms with Crippen LogP contribution in [-0.2, 0) is 20.3 Å². The summed E-state index contributed by atoms with van der Waals surface area (Å²) in [5, 5.41) is 6.40. The molecule has 0 aliphatic heterocycles. The molecule has 0 spiro atoms. The van der Waals surface area contributed by atoms with Crippen LogP contribution in [0.2, 0.25) is 0 Å². The minimum Gasteiger partial charge on any atom is -0.376 e. The van der Waals surface area contributed by atoms with Crippen molar-refractivity contribution in [1.29, 1.82) is 0 Å². The molecule has 166 valence electrons. The standard InChI is InChI=1S/C21H35N3O3S.HI/c1-22-21(24-15-16-27-20-12-7-2-3-8-13-20)23-14-9-17-28(25,26)18-19-10-5-4-6-11-19;/h4-6,10-11,20H,2-3,7-9,12-18H2,1H3,(H2,22,23,24);1H. The summed E-state index contributed by atoms with van der Waals surface area (Å²) in [6, 6.07) is 9.31. The number of hydrogen-bond donors (Lipinski definition) is 2. The highest BCUT2D eigenvalue weighted by atomic mass is 127. The number of aliphatic imine (C=N–C) groups is 1. The third-order valence-electron chi connectivity index (χ3n) is 4.93. The Hall–Kier alpha value is -0.870. The van der Waals surface area contributed by atoms with Crippen LogP contribution in [0.4, 0.5) is 0 Å². The predicted molar refractivity (Wildman–Crippen MR) is 131 cm³/mol. The van der Waals surface area contributed by atoms with Crippen molar-refractivity contribution in [2.45, 2.75) is 56.8 Å². The quantitative estimate of drug-likeness (QED) is 0.157. The zero-order valence-corrected chi connectivity index (χ0v) is 20.6. The van der Waals surface area contributed by atoms with E-state index in [4.69, 9.17) is 4.74 Å². The largest absolute Gasteiger partial charge is 0.376 e. The van der Waals surface area contributed by atoms with E-state index in [1.54, 1.807) is 7.05 Å². The Morgan fingerprint density at radius 2 is 1.72 bits per heavy atom. The Balaban J connectivity index is 0.00000420. The number of benzene rings is 1. The fourth-order valence-electron chi connectivity index (χ4n) is 3.42. The van der Waals surface area contributed by atoms with Crippen LogP contribution in [0.3, 0.4) is 0 Å². The average Bonchev–Trinajstić information content (AvgIpc) is 2.96. The van der Waals surface area contributed by atoms with E-state index < -0.39 is 9.84 Å². The maximum absolute atomic E-state index is 12.2. The van der Waals surface area contributed by atoms with E-state index in [2.05, 4.69) is 15.6 Å².